The van der Waals surface area contributed by atoms with E-state index in [1.807, 2.05) is 6.92 Å². The van der Waals surface area contributed by atoms with Crippen LogP contribution in [0, 0.1) is 0 Å². The Morgan fingerprint density at radius 2 is 2.43 bits per heavy atom. The van der Waals surface area contributed by atoms with Crippen molar-refractivity contribution in [2.45, 2.75) is 19.4 Å². The van der Waals surface area contributed by atoms with Crippen molar-refractivity contribution < 1.29 is 9.84 Å². The minimum Gasteiger partial charge on any atom is -0.386 e. The molecule has 1 aromatic heterocycles. The molecule has 78 valence electrons. The number of aromatic nitrogens is 1. The highest BCUT2D eigenvalue weighted by Crippen LogP contribution is 2.17. The Bertz CT molecular complexity index is 279. The fourth-order valence-electron chi connectivity index (χ4n) is 1.14. The van der Waals surface area contributed by atoms with Gasteiger partial charge < -0.3 is 15.6 Å². The molecule has 0 fully saturated rings. The van der Waals surface area contributed by atoms with E-state index in [0.29, 0.717) is 18.0 Å². The maximum atomic E-state index is 9.68. The summed E-state index contributed by atoms with van der Waals surface area (Å²) in [6.07, 6.45) is 1.85. The summed E-state index contributed by atoms with van der Waals surface area (Å²) in [6.45, 7) is 2.94. The molecule has 4 nitrogen and oxygen atoms in total. The summed E-state index contributed by atoms with van der Waals surface area (Å²) in [5.74, 6) is 0.361. The normalized spacial score (nSPS) is 12.7. The third-order valence-corrected chi connectivity index (χ3v) is 1.85. The van der Waals surface area contributed by atoms with Crippen LogP contribution in [0.15, 0.2) is 18.3 Å². The van der Waals surface area contributed by atoms with E-state index in [-0.39, 0.29) is 6.61 Å². The van der Waals surface area contributed by atoms with Crippen LogP contribution in [0.5, 0.6) is 0 Å². The fraction of sp³-hybridized carbons (Fsp3) is 0.500. The van der Waals surface area contributed by atoms with Crippen molar-refractivity contribution in [3.8, 4) is 0 Å². The molecule has 0 aromatic carbocycles. The van der Waals surface area contributed by atoms with E-state index in [1.165, 1.54) is 0 Å². The fourth-order valence-corrected chi connectivity index (χ4v) is 1.14. The average Bonchev–Trinajstić information content (AvgIpc) is 2.18. The van der Waals surface area contributed by atoms with E-state index >= 15 is 0 Å². The Hall–Kier alpha value is -1.13. The second-order valence-electron chi connectivity index (χ2n) is 3.07. The molecule has 14 heavy (non-hydrogen) atoms. The Morgan fingerprint density at radius 1 is 1.64 bits per heavy atom. The van der Waals surface area contributed by atoms with Crippen LogP contribution in [0.1, 0.15) is 25.0 Å². The first-order valence-electron chi connectivity index (χ1n) is 4.72. The zero-order chi connectivity index (χ0) is 10.4. The summed E-state index contributed by atoms with van der Waals surface area (Å²) >= 11 is 0. The van der Waals surface area contributed by atoms with Gasteiger partial charge in [-0.25, -0.2) is 4.98 Å². The molecule has 0 bridgehead atoms. The Kier molecular flexibility index (Phi) is 4.35. The summed E-state index contributed by atoms with van der Waals surface area (Å²) in [6, 6.07) is 3.50. The largest absolute Gasteiger partial charge is 0.386 e. The van der Waals surface area contributed by atoms with Crippen molar-refractivity contribution in [2.75, 3.05) is 18.9 Å². The van der Waals surface area contributed by atoms with E-state index in [0.717, 1.165) is 6.42 Å². The minimum absolute atomic E-state index is 0.268. The first-order chi connectivity index (χ1) is 6.75. The molecule has 0 saturated carbocycles. The SMILES string of the molecule is CCCOCC(O)c1cccnc1N. The summed E-state index contributed by atoms with van der Waals surface area (Å²) < 4.78 is 5.22. The van der Waals surface area contributed by atoms with Gasteiger partial charge in [0.2, 0.25) is 0 Å². The number of hydrogen-bond donors (Lipinski definition) is 2. The summed E-state index contributed by atoms with van der Waals surface area (Å²) in [4.78, 5) is 3.89. The standard InChI is InChI=1S/C10H16N2O2/c1-2-6-14-7-9(13)8-4-3-5-12-10(8)11/h3-5,9,13H,2,6-7H2,1H3,(H2,11,12). The van der Waals surface area contributed by atoms with E-state index in [9.17, 15) is 5.11 Å². The van der Waals surface area contributed by atoms with Gasteiger partial charge in [-0.1, -0.05) is 13.0 Å². The highest BCUT2D eigenvalue weighted by Gasteiger charge is 2.10. The van der Waals surface area contributed by atoms with Gasteiger partial charge in [0.05, 0.1) is 6.61 Å². The Balaban J connectivity index is 2.51. The number of nitrogen functional groups attached to an aromatic ring is 1. The van der Waals surface area contributed by atoms with Gasteiger partial charge in [-0.05, 0) is 12.5 Å². The molecule has 4 heteroatoms. The molecule has 0 aliphatic rings. The van der Waals surface area contributed by atoms with Gasteiger partial charge in [-0.2, -0.15) is 0 Å². The Labute approximate surface area is 83.7 Å². The van der Waals surface area contributed by atoms with E-state index in [1.54, 1.807) is 18.3 Å². The topological polar surface area (TPSA) is 68.4 Å². The average molecular weight is 196 g/mol. The van der Waals surface area contributed by atoms with Crippen molar-refractivity contribution in [1.29, 1.82) is 0 Å². The predicted octanol–water partition coefficient (Wildman–Crippen LogP) is 1.12. The minimum atomic E-state index is -0.685. The lowest BCUT2D eigenvalue weighted by atomic mass is 10.1. The number of anilines is 1. The molecule has 1 atom stereocenters. The van der Waals surface area contributed by atoms with Crippen molar-refractivity contribution in [3.63, 3.8) is 0 Å². The summed E-state index contributed by atoms with van der Waals surface area (Å²) in [5.41, 5.74) is 6.23. The predicted molar refractivity (Wildman–Crippen MR) is 54.7 cm³/mol. The zero-order valence-corrected chi connectivity index (χ0v) is 8.31. The second-order valence-corrected chi connectivity index (χ2v) is 3.07. The van der Waals surface area contributed by atoms with Crippen LogP contribution in [0.4, 0.5) is 5.82 Å². The zero-order valence-electron chi connectivity index (χ0n) is 8.31. The summed E-state index contributed by atoms with van der Waals surface area (Å²) in [5, 5.41) is 9.68. The first-order valence-corrected chi connectivity index (χ1v) is 4.72. The molecule has 0 amide bonds. The van der Waals surface area contributed by atoms with Gasteiger partial charge in [0.25, 0.3) is 0 Å². The van der Waals surface area contributed by atoms with Crippen LogP contribution in [-0.2, 0) is 4.74 Å². The van der Waals surface area contributed by atoms with Crippen molar-refractivity contribution in [3.05, 3.63) is 23.9 Å². The van der Waals surface area contributed by atoms with Crippen LogP contribution in [-0.4, -0.2) is 23.3 Å². The molecular formula is C10H16N2O2. The molecular weight excluding hydrogens is 180 g/mol. The monoisotopic (exact) mass is 196 g/mol. The quantitative estimate of drug-likeness (QED) is 0.692. The number of nitrogens with zero attached hydrogens (tertiary/aromatic N) is 1. The van der Waals surface area contributed by atoms with E-state index in [2.05, 4.69) is 4.98 Å². The third-order valence-electron chi connectivity index (χ3n) is 1.85. The number of hydrogen-bond acceptors (Lipinski definition) is 4. The molecule has 1 unspecified atom stereocenters. The number of ether oxygens (including phenoxy) is 1. The molecule has 0 radical (unpaired) electrons. The van der Waals surface area contributed by atoms with Crippen LogP contribution in [0.3, 0.4) is 0 Å². The third kappa shape index (κ3) is 2.97. The maximum absolute atomic E-state index is 9.68. The van der Waals surface area contributed by atoms with Gasteiger partial charge in [0.1, 0.15) is 11.9 Å². The smallest absolute Gasteiger partial charge is 0.129 e. The Morgan fingerprint density at radius 3 is 3.07 bits per heavy atom. The number of nitrogens with two attached hydrogens (primary N) is 1. The summed E-state index contributed by atoms with van der Waals surface area (Å²) in [7, 11) is 0. The van der Waals surface area contributed by atoms with Gasteiger partial charge >= 0.3 is 0 Å². The second kappa shape index (κ2) is 5.57. The van der Waals surface area contributed by atoms with Crippen LogP contribution >= 0.6 is 0 Å². The van der Waals surface area contributed by atoms with Gasteiger partial charge in [0.15, 0.2) is 0 Å². The van der Waals surface area contributed by atoms with E-state index < -0.39 is 6.10 Å². The lowest BCUT2D eigenvalue weighted by molar-refractivity contribution is 0.0366. The molecule has 1 aromatic rings. The molecule has 1 heterocycles. The van der Waals surface area contributed by atoms with Gasteiger partial charge in [-0.3, -0.25) is 0 Å². The highest BCUT2D eigenvalue weighted by molar-refractivity contribution is 5.39. The van der Waals surface area contributed by atoms with Crippen molar-refractivity contribution >= 4 is 5.82 Å². The van der Waals surface area contributed by atoms with Crippen LogP contribution in [0.25, 0.3) is 0 Å². The molecule has 0 aliphatic heterocycles. The van der Waals surface area contributed by atoms with Crippen molar-refractivity contribution in [1.82, 2.24) is 4.98 Å². The molecule has 0 spiro atoms. The first kappa shape index (κ1) is 10.9. The molecule has 0 aliphatic carbocycles. The number of pyridine rings is 1. The van der Waals surface area contributed by atoms with Crippen LogP contribution < -0.4 is 5.73 Å². The lowest BCUT2D eigenvalue weighted by Crippen LogP contribution is -2.10. The number of aliphatic hydroxyl groups excluding tert-OH is 1. The maximum Gasteiger partial charge on any atom is 0.129 e. The molecule has 3 N–H and O–H groups in total. The van der Waals surface area contributed by atoms with E-state index in [4.69, 9.17) is 10.5 Å². The highest BCUT2D eigenvalue weighted by atomic mass is 16.5. The van der Waals surface area contributed by atoms with Crippen LogP contribution in [0.2, 0.25) is 0 Å². The molecule has 0 saturated heterocycles. The van der Waals surface area contributed by atoms with Gasteiger partial charge in [-0.15, -0.1) is 0 Å². The molecule has 1 rings (SSSR count). The lowest BCUT2D eigenvalue weighted by Gasteiger charge is -2.12. The van der Waals surface area contributed by atoms with Crippen molar-refractivity contribution in [2.24, 2.45) is 0 Å². The number of rotatable bonds is 5. The van der Waals surface area contributed by atoms with Gasteiger partial charge in [0, 0.05) is 18.4 Å². The number of aliphatic hydroxyl groups is 1.